The molecule has 27 heavy (non-hydrogen) atoms. The first-order valence-electron chi connectivity index (χ1n) is 9.13. The Balaban J connectivity index is 1.48. The first kappa shape index (κ1) is 18.4. The number of thiophene rings is 1. The van der Waals surface area contributed by atoms with E-state index in [1.165, 1.54) is 11.3 Å². The van der Waals surface area contributed by atoms with Gasteiger partial charge in [-0.3, -0.25) is 9.69 Å². The molecule has 3 aromatic rings. The second-order valence-corrected chi connectivity index (χ2v) is 8.27. The quantitative estimate of drug-likeness (QED) is 0.533. The minimum atomic E-state index is 0.0626. The van der Waals surface area contributed by atoms with Crippen molar-refractivity contribution in [1.29, 1.82) is 0 Å². The number of halogens is 1. The first-order valence-corrected chi connectivity index (χ1v) is 10.4. The van der Waals surface area contributed by atoms with Crippen LogP contribution in [0.1, 0.15) is 34.0 Å². The van der Waals surface area contributed by atoms with Crippen LogP contribution >= 0.6 is 22.9 Å². The highest BCUT2D eigenvalue weighted by Crippen LogP contribution is 2.30. The fourth-order valence-electron chi connectivity index (χ4n) is 3.57. The fraction of sp³-hybridized carbons (Fsp3) is 0.333. The lowest BCUT2D eigenvalue weighted by Crippen LogP contribution is -2.38. The lowest BCUT2D eigenvalue weighted by atomic mass is 9.93. The average molecular weight is 401 g/mol. The fourth-order valence-corrected chi connectivity index (χ4v) is 4.53. The molecule has 0 aliphatic carbocycles. The van der Waals surface area contributed by atoms with Crippen molar-refractivity contribution >= 4 is 28.7 Å². The number of hydrogen-bond acceptors (Lipinski definition) is 5. The zero-order chi connectivity index (χ0) is 18.8. The summed E-state index contributed by atoms with van der Waals surface area (Å²) in [5.41, 5.74) is 1.71. The molecule has 3 heterocycles. The summed E-state index contributed by atoms with van der Waals surface area (Å²) in [4.78, 5) is 20.5. The smallest absolute Gasteiger partial charge is 0.228 e. The minimum Gasteiger partial charge on any atom is -0.441 e. The third kappa shape index (κ3) is 4.00. The topological polar surface area (TPSA) is 46.3 Å². The van der Waals surface area contributed by atoms with E-state index in [9.17, 15) is 4.79 Å². The second-order valence-electron chi connectivity index (χ2n) is 6.92. The molecular formula is C21H21ClN2O2S. The Morgan fingerprint density at radius 3 is 2.96 bits per heavy atom. The zero-order valence-electron chi connectivity index (χ0n) is 15.2. The average Bonchev–Trinajstić information content (AvgIpc) is 3.32. The van der Waals surface area contributed by atoms with E-state index in [-0.39, 0.29) is 11.7 Å². The number of carbonyl (C=O) groups is 1. The number of piperidine rings is 1. The minimum absolute atomic E-state index is 0.0626. The maximum absolute atomic E-state index is 12.7. The third-order valence-electron chi connectivity index (χ3n) is 5.01. The molecule has 2 aromatic heterocycles. The van der Waals surface area contributed by atoms with Crippen molar-refractivity contribution in [2.75, 3.05) is 13.1 Å². The molecule has 6 heteroatoms. The number of ketones is 1. The van der Waals surface area contributed by atoms with Crippen LogP contribution in [0.4, 0.5) is 0 Å². The van der Waals surface area contributed by atoms with Crippen LogP contribution in [0.15, 0.2) is 46.2 Å². The number of benzene rings is 1. The van der Waals surface area contributed by atoms with Crippen LogP contribution in [0, 0.1) is 12.8 Å². The monoisotopic (exact) mass is 400 g/mol. The summed E-state index contributed by atoms with van der Waals surface area (Å²) in [6.45, 7) is 4.36. The van der Waals surface area contributed by atoms with Crippen molar-refractivity contribution in [3.05, 3.63) is 63.1 Å². The molecule has 1 saturated heterocycles. The molecule has 0 unspecified atom stereocenters. The van der Waals surface area contributed by atoms with Gasteiger partial charge in [-0.05, 0) is 49.9 Å². The van der Waals surface area contributed by atoms with E-state index in [0.29, 0.717) is 17.5 Å². The van der Waals surface area contributed by atoms with Crippen LogP contribution in [0.3, 0.4) is 0 Å². The molecule has 0 radical (unpaired) electrons. The summed E-state index contributed by atoms with van der Waals surface area (Å²) in [6, 6.07) is 11.4. The van der Waals surface area contributed by atoms with Crippen LogP contribution in [0.5, 0.6) is 0 Å². The van der Waals surface area contributed by atoms with Crippen LogP contribution in [0.25, 0.3) is 11.5 Å². The molecule has 4 nitrogen and oxygen atoms in total. The maximum atomic E-state index is 12.7. The van der Waals surface area contributed by atoms with Gasteiger partial charge >= 0.3 is 0 Å². The maximum Gasteiger partial charge on any atom is 0.228 e. The van der Waals surface area contributed by atoms with Gasteiger partial charge in [-0.15, -0.1) is 11.3 Å². The normalized spacial score (nSPS) is 17.9. The lowest BCUT2D eigenvalue weighted by Gasteiger charge is -2.31. The van der Waals surface area contributed by atoms with Gasteiger partial charge in [0, 0.05) is 19.0 Å². The van der Waals surface area contributed by atoms with Gasteiger partial charge in [-0.2, -0.15) is 0 Å². The van der Waals surface area contributed by atoms with E-state index in [1.54, 1.807) is 0 Å². The van der Waals surface area contributed by atoms with Crippen LogP contribution in [-0.2, 0) is 6.54 Å². The molecule has 0 saturated carbocycles. The summed E-state index contributed by atoms with van der Waals surface area (Å²) in [5, 5.41) is 2.59. The molecule has 1 aliphatic rings. The number of carbonyl (C=O) groups excluding carboxylic acids is 1. The highest BCUT2D eigenvalue weighted by atomic mass is 35.5. The number of likely N-dealkylation sites (tertiary alicyclic amines) is 1. The van der Waals surface area contributed by atoms with Crippen molar-refractivity contribution < 1.29 is 9.21 Å². The summed E-state index contributed by atoms with van der Waals surface area (Å²) in [5.74, 6) is 1.68. The van der Waals surface area contributed by atoms with E-state index < -0.39 is 0 Å². The van der Waals surface area contributed by atoms with Gasteiger partial charge in [0.2, 0.25) is 5.89 Å². The standard InChI is InChI=1S/C21H21ClN2O2S/c1-14-18(23-21(26-14)16-7-2-3-8-17(16)22)13-24-10-4-6-15(12-24)20(25)19-9-5-11-27-19/h2-3,5,7-9,11,15H,4,6,10,12-13H2,1H3/t15-/m1/s1. The Morgan fingerprint density at radius 2 is 2.19 bits per heavy atom. The highest BCUT2D eigenvalue weighted by molar-refractivity contribution is 7.12. The number of oxazole rings is 1. The molecule has 140 valence electrons. The van der Waals surface area contributed by atoms with Gasteiger partial charge in [0.05, 0.1) is 21.2 Å². The van der Waals surface area contributed by atoms with Crippen molar-refractivity contribution in [2.24, 2.45) is 5.92 Å². The van der Waals surface area contributed by atoms with Crippen LogP contribution < -0.4 is 0 Å². The number of hydrogen-bond donors (Lipinski definition) is 0. The van der Waals surface area contributed by atoms with Crippen LogP contribution in [0.2, 0.25) is 5.02 Å². The molecule has 1 aromatic carbocycles. The van der Waals surface area contributed by atoms with E-state index >= 15 is 0 Å². The Labute approximate surface area is 167 Å². The van der Waals surface area contributed by atoms with Crippen molar-refractivity contribution in [2.45, 2.75) is 26.3 Å². The summed E-state index contributed by atoms with van der Waals surface area (Å²) in [7, 11) is 0. The van der Waals surface area contributed by atoms with Crippen molar-refractivity contribution in [3.8, 4) is 11.5 Å². The van der Waals surface area contributed by atoms with Gasteiger partial charge in [0.25, 0.3) is 0 Å². The number of rotatable bonds is 5. The molecular weight excluding hydrogens is 380 g/mol. The third-order valence-corrected chi connectivity index (χ3v) is 6.22. The Bertz CT molecular complexity index is 936. The summed E-state index contributed by atoms with van der Waals surface area (Å²) in [6.07, 6.45) is 1.98. The van der Waals surface area contributed by atoms with Gasteiger partial charge in [0.1, 0.15) is 5.76 Å². The van der Waals surface area contributed by atoms with E-state index in [4.69, 9.17) is 16.0 Å². The van der Waals surface area contributed by atoms with Gasteiger partial charge in [-0.25, -0.2) is 4.98 Å². The lowest BCUT2D eigenvalue weighted by molar-refractivity contribution is 0.0814. The van der Waals surface area contributed by atoms with Crippen molar-refractivity contribution in [1.82, 2.24) is 9.88 Å². The molecule has 0 N–H and O–H groups in total. The number of aromatic nitrogens is 1. The molecule has 1 atom stereocenters. The molecule has 0 bridgehead atoms. The Kier molecular flexibility index (Phi) is 5.43. The van der Waals surface area contributed by atoms with Crippen molar-refractivity contribution in [3.63, 3.8) is 0 Å². The zero-order valence-corrected chi connectivity index (χ0v) is 16.7. The SMILES string of the molecule is Cc1oc(-c2ccccc2Cl)nc1CN1CCC[C@@H](C(=O)c2cccs2)C1. The Hall–Kier alpha value is -1.95. The first-order chi connectivity index (χ1) is 13.1. The predicted molar refractivity (Wildman–Crippen MR) is 108 cm³/mol. The van der Waals surface area contributed by atoms with Crippen LogP contribution in [-0.4, -0.2) is 28.8 Å². The largest absolute Gasteiger partial charge is 0.441 e. The molecule has 1 aliphatic heterocycles. The highest BCUT2D eigenvalue weighted by Gasteiger charge is 2.28. The number of aryl methyl sites for hydroxylation is 1. The molecule has 4 rings (SSSR count). The van der Waals surface area contributed by atoms with E-state index in [0.717, 1.165) is 47.8 Å². The number of nitrogens with zero attached hydrogens (tertiary/aromatic N) is 2. The Morgan fingerprint density at radius 1 is 1.33 bits per heavy atom. The van der Waals surface area contributed by atoms with Gasteiger partial charge in [0.15, 0.2) is 5.78 Å². The van der Waals surface area contributed by atoms with Gasteiger partial charge in [-0.1, -0.05) is 29.8 Å². The van der Waals surface area contributed by atoms with Gasteiger partial charge < -0.3 is 4.42 Å². The molecule has 1 fully saturated rings. The second kappa shape index (κ2) is 7.97. The molecule has 0 spiro atoms. The molecule has 0 amide bonds. The summed E-state index contributed by atoms with van der Waals surface area (Å²) >= 11 is 7.79. The predicted octanol–water partition coefficient (Wildman–Crippen LogP) is 5.46. The van der Waals surface area contributed by atoms with E-state index in [1.807, 2.05) is 48.7 Å². The number of Topliss-reactive ketones (excluding diaryl/α,β-unsaturated/α-hetero) is 1. The summed E-state index contributed by atoms with van der Waals surface area (Å²) < 4.78 is 5.87. The van der Waals surface area contributed by atoms with E-state index in [2.05, 4.69) is 9.88 Å².